The highest BCUT2D eigenvalue weighted by atomic mass is 16.5. The summed E-state index contributed by atoms with van der Waals surface area (Å²) in [6.07, 6.45) is 4.82. The Morgan fingerprint density at radius 2 is 1.41 bits per heavy atom. The van der Waals surface area contributed by atoms with E-state index in [1.54, 1.807) is 0 Å². The van der Waals surface area contributed by atoms with E-state index < -0.39 is 0 Å². The second-order valence-electron chi connectivity index (χ2n) is 8.51. The van der Waals surface area contributed by atoms with Crippen LogP contribution in [0.5, 0.6) is 0 Å². The summed E-state index contributed by atoms with van der Waals surface area (Å²) < 4.78 is 5.40. The van der Waals surface area contributed by atoms with Crippen LogP contribution in [0.15, 0.2) is 60.9 Å². The summed E-state index contributed by atoms with van der Waals surface area (Å²) in [5.41, 5.74) is 4.38. The largest absolute Gasteiger partial charge is 0.378 e. The minimum Gasteiger partial charge on any atom is -0.378 e. The lowest BCUT2D eigenvalue weighted by Gasteiger charge is -2.30. The van der Waals surface area contributed by atoms with Crippen LogP contribution < -0.4 is 10.6 Å². The lowest BCUT2D eigenvalue weighted by Crippen LogP contribution is -2.37. The third-order valence-corrected chi connectivity index (χ3v) is 5.91. The van der Waals surface area contributed by atoms with Crippen LogP contribution >= 0.6 is 0 Å². The van der Waals surface area contributed by atoms with Crippen molar-refractivity contribution in [3.05, 3.63) is 72.1 Å². The van der Waals surface area contributed by atoms with Gasteiger partial charge in [0.1, 0.15) is 0 Å². The molecule has 1 saturated heterocycles. The number of benzene rings is 2. The van der Waals surface area contributed by atoms with Crippen molar-refractivity contribution in [2.24, 2.45) is 5.92 Å². The van der Waals surface area contributed by atoms with Crippen LogP contribution in [-0.4, -0.2) is 37.1 Å². The van der Waals surface area contributed by atoms with Crippen molar-refractivity contribution in [2.45, 2.75) is 46.0 Å². The number of morpholine rings is 1. The van der Waals surface area contributed by atoms with Gasteiger partial charge >= 0.3 is 0 Å². The Labute approximate surface area is 192 Å². The van der Waals surface area contributed by atoms with Gasteiger partial charge in [-0.3, -0.25) is 4.79 Å². The summed E-state index contributed by atoms with van der Waals surface area (Å²) in [5.74, 6) is 1.16. The molecule has 1 aliphatic rings. The smallest absolute Gasteiger partial charge is 0.227 e. The van der Waals surface area contributed by atoms with E-state index in [0.29, 0.717) is 0 Å². The standard InChI is InChI=1S/C27H37N3O2/c1-4-6-24(7-5-2)27(31)29-26-14-10-23(11-15-26)20-22-8-12-25(13-9-22)28-21(3)30-16-18-32-19-17-30/h8-15,24,28H,3-7,16-20H2,1-2H3,(H,29,31). The van der Waals surface area contributed by atoms with Crippen molar-refractivity contribution in [1.29, 1.82) is 0 Å². The Hall–Kier alpha value is -2.79. The first-order valence-corrected chi connectivity index (χ1v) is 11.9. The molecule has 0 bridgehead atoms. The van der Waals surface area contributed by atoms with Crippen LogP contribution in [0.1, 0.15) is 50.7 Å². The molecule has 0 spiro atoms. The van der Waals surface area contributed by atoms with Crippen molar-refractivity contribution in [2.75, 3.05) is 36.9 Å². The average Bonchev–Trinajstić information content (AvgIpc) is 2.82. The molecule has 3 rings (SSSR count). The van der Waals surface area contributed by atoms with Crippen LogP contribution in [-0.2, 0) is 16.0 Å². The Morgan fingerprint density at radius 1 is 0.906 bits per heavy atom. The zero-order chi connectivity index (χ0) is 22.8. The van der Waals surface area contributed by atoms with Gasteiger partial charge in [-0.2, -0.15) is 0 Å². The summed E-state index contributed by atoms with van der Waals surface area (Å²) in [4.78, 5) is 14.8. The molecular weight excluding hydrogens is 398 g/mol. The Kier molecular flexibility index (Phi) is 9.17. The average molecular weight is 436 g/mol. The van der Waals surface area contributed by atoms with E-state index in [0.717, 1.165) is 75.6 Å². The normalized spacial score (nSPS) is 13.8. The summed E-state index contributed by atoms with van der Waals surface area (Å²) in [7, 11) is 0. The van der Waals surface area contributed by atoms with Crippen LogP contribution in [0, 0.1) is 5.92 Å². The van der Waals surface area contributed by atoms with Gasteiger partial charge in [0, 0.05) is 30.4 Å². The summed E-state index contributed by atoms with van der Waals surface area (Å²) >= 11 is 0. The molecular formula is C27H37N3O2. The highest BCUT2D eigenvalue weighted by Crippen LogP contribution is 2.20. The van der Waals surface area contributed by atoms with Crippen LogP contribution in [0.3, 0.4) is 0 Å². The Bertz CT molecular complexity index is 849. The minimum absolute atomic E-state index is 0.108. The number of anilines is 2. The first kappa shape index (κ1) is 23.9. The number of ether oxygens (including phenoxy) is 1. The summed E-state index contributed by atoms with van der Waals surface area (Å²) in [6.45, 7) is 11.7. The first-order valence-electron chi connectivity index (χ1n) is 11.9. The number of amides is 1. The number of nitrogens with one attached hydrogen (secondary N) is 2. The molecule has 2 aromatic rings. The molecule has 0 aliphatic carbocycles. The molecule has 1 fully saturated rings. The predicted octanol–water partition coefficient (Wildman–Crippen LogP) is 5.65. The fourth-order valence-electron chi connectivity index (χ4n) is 4.07. The molecule has 2 N–H and O–H groups in total. The van der Waals surface area contributed by atoms with Crippen molar-refractivity contribution in [3.63, 3.8) is 0 Å². The molecule has 1 aliphatic heterocycles. The maximum absolute atomic E-state index is 12.5. The molecule has 0 unspecified atom stereocenters. The first-order chi connectivity index (χ1) is 15.6. The molecule has 32 heavy (non-hydrogen) atoms. The van der Waals surface area contributed by atoms with Crippen molar-refractivity contribution < 1.29 is 9.53 Å². The second kappa shape index (κ2) is 12.3. The molecule has 5 heteroatoms. The number of carbonyl (C=O) groups is 1. The van der Waals surface area contributed by atoms with Gasteiger partial charge in [-0.1, -0.05) is 57.5 Å². The fourth-order valence-corrected chi connectivity index (χ4v) is 4.07. The Balaban J connectivity index is 1.51. The molecule has 1 heterocycles. The quantitative estimate of drug-likeness (QED) is 0.479. The number of carbonyl (C=O) groups excluding carboxylic acids is 1. The molecule has 172 valence electrons. The summed E-state index contributed by atoms with van der Waals surface area (Å²) in [6, 6.07) is 16.7. The highest BCUT2D eigenvalue weighted by molar-refractivity contribution is 5.92. The molecule has 0 radical (unpaired) electrons. The SMILES string of the molecule is C=C(Nc1ccc(Cc2ccc(NC(=O)C(CCC)CCC)cc2)cc1)N1CCOCC1. The molecule has 1 amide bonds. The third kappa shape index (κ3) is 7.13. The monoisotopic (exact) mass is 435 g/mol. The van der Waals surface area contributed by atoms with E-state index >= 15 is 0 Å². The second-order valence-corrected chi connectivity index (χ2v) is 8.51. The molecule has 0 aromatic heterocycles. The minimum atomic E-state index is 0.108. The van der Waals surface area contributed by atoms with E-state index in [4.69, 9.17) is 4.74 Å². The lowest BCUT2D eigenvalue weighted by molar-refractivity contribution is -0.120. The van der Waals surface area contributed by atoms with Crippen molar-refractivity contribution >= 4 is 17.3 Å². The molecule has 2 aromatic carbocycles. The number of hydrogen-bond acceptors (Lipinski definition) is 4. The fraction of sp³-hybridized carbons (Fsp3) is 0.444. The van der Waals surface area contributed by atoms with E-state index in [2.05, 4.69) is 72.4 Å². The van der Waals surface area contributed by atoms with Gasteiger partial charge in [-0.25, -0.2) is 0 Å². The lowest BCUT2D eigenvalue weighted by atomic mass is 9.97. The number of rotatable bonds is 11. The highest BCUT2D eigenvalue weighted by Gasteiger charge is 2.16. The topological polar surface area (TPSA) is 53.6 Å². The molecule has 0 atom stereocenters. The van der Waals surface area contributed by atoms with Gasteiger partial charge in [0.05, 0.1) is 19.0 Å². The van der Waals surface area contributed by atoms with E-state index in [1.807, 2.05) is 12.1 Å². The van der Waals surface area contributed by atoms with Gasteiger partial charge in [-0.05, 0) is 54.7 Å². The predicted molar refractivity (Wildman–Crippen MR) is 133 cm³/mol. The zero-order valence-corrected chi connectivity index (χ0v) is 19.5. The molecule has 5 nitrogen and oxygen atoms in total. The van der Waals surface area contributed by atoms with E-state index in [-0.39, 0.29) is 11.8 Å². The van der Waals surface area contributed by atoms with Crippen molar-refractivity contribution in [3.8, 4) is 0 Å². The van der Waals surface area contributed by atoms with Crippen LogP contribution in [0.25, 0.3) is 0 Å². The zero-order valence-electron chi connectivity index (χ0n) is 19.5. The van der Waals surface area contributed by atoms with Gasteiger partial charge < -0.3 is 20.3 Å². The number of nitrogens with zero attached hydrogens (tertiary/aromatic N) is 1. The maximum Gasteiger partial charge on any atom is 0.227 e. The van der Waals surface area contributed by atoms with Gasteiger partial charge in [0.15, 0.2) is 0 Å². The van der Waals surface area contributed by atoms with Crippen LogP contribution in [0.2, 0.25) is 0 Å². The number of hydrogen-bond donors (Lipinski definition) is 2. The Morgan fingerprint density at radius 3 is 1.91 bits per heavy atom. The van der Waals surface area contributed by atoms with Crippen LogP contribution in [0.4, 0.5) is 11.4 Å². The van der Waals surface area contributed by atoms with Gasteiger partial charge in [0.25, 0.3) is 0 Å². The van der Waals surface area contributed by atoms with E-state index in [9.17, 15) is 4.79 Å². The van der Waals surface area contributed by atoms with Crippen molar-refractivity contribution in [1.82, 2.24) is 4.90 Å². The maximum atomic E-state index is 12.5. The summed E-state index contributed by atoms with van der Waals surface area (Å²) in [5, 5.41) is 6.48. The third-order valence-electron chi connectivity index (χ3n) is 5.91. The van der Waals surface area contributed by atoms with Gasteiger partial charge in [0.2, 0.25) is 5.91 Å². The van der Waals surface area contributed by atoms with E-state index in [1.165, 1.54) is 11.1 Å². The molecule has 0 saturated carbocycles. The van der Waals surface area contributed by atoms with Gasteiger partial charge in [-0.15, -0.1) is 0 Å².